The highest BCUT2D eigenvalue weighted by Crippen LogP contribution is 2.17. The molecule has 0 aromatic heterocycles. The van der Waals surface area contributed by atoms with Crippen LogP contribution in [0, 0.1) is 0 Å². The summed E-state index contributed by atoms with van der Waals surface area (Å²) in [4.78, 5) is 11.8. The number of hydrogen-bond donors (Lipinski definition) is 2. The van der Waals surface area contributed by atoms with Crippen molar-refractivity contribution in [2.75, 3.05) is 11.6 Å². The van der Waals surface area contributed by atoms with Crippen molar-refractivity contribution in [3.63, 3.8) is 0 Å². The number of carbonyl (C=O) groups excluding carboxylic acids is 1. The smallest absolute Gasteiger partial charge is 0.241 e. The van der Waals surface area contributed by atoms with Gasteiger partial charge in [0, 0.05) is 13.0 Å². The summed E-state index contributed by atoms with van der Waals surface area (Å²) in [6.45, 7) is 4.70. The van der Waals surface area contributed by atoms with E-state index in [1.165, 1.54) is 0 Å². The molecule has 2 N–H and O–H groups in total. The van der Waals surface area contributed by atoms with Crippen molar-refractivity contribution in [2.24, 2.45) is 0 Å². The first kappa shape index (κ1) is 13.5. The largest absolute Gasteiger partial charge is 0.508 e. The zero-order chi connectivity index (χ0) is 12.7. The Hall–Kier alpha value is -1.55. The van der Waals surface area contributed by atoms with Crippen molar-refractivity contribution in [3.8, 4) is 5.75 Å². The average molecular weight is 236 g/mol. The van der Waals surface area contributed by atoms with E-state index in [2.05, 4.69) is 12.3 Å². The highest BCUT2D eigenvalue weighted by molar-refractivity contribution is 5.92. The summed E-state index contributed by atoms with van der Waals surface area (Å²) in [6, 6.07) is 6.60. The van der Waals surface area contributed by atoms with Crippen LogP contribution in [0.2, 0.25) is 0 Å². The molecule has 0 saturated carbocycles. The van der Waals surface area contributed by atoms with Gasteiger partial charge < -0.3 is 5.11 Å². The molecule has 0 heterocycles. The lowest BCUT2D eigenvalue weighted by Gasteiger charge is -2.23. The molecule has 0 bridgehead atoms. The number of phenolic OH excluding ortho intramolecular Hbond substituents is 1. The highest BCUT2D eigenvalue weighted by atomic mass is 16.3. The number of amides is 1. The molecule has 1 aromatic carbocycles. The van der Waals surface area contributed by atoms with Crippen LogP contribution in [0.4, 0.5) is 5.69 Å². The lowest BCUT2D eigenvalue weighted by atomic mass is 10.3. The minimum absolute atomic E-state index is 0.0202. The number of anilines is 1. The van der Waals surface area contributed by atoms with Crippen molar-refractivity contribution in [3.05, 3.63) is 24.3 Å². The van der Waals surface area contributed by atoms with Gasteiger partial charge in [0.25, 0.3) is 0 Å². The maximum atomic E-state index is 11.8. The first-order chi connectivity index (χ1) is 8.19. The number of carbonyl (C=O) groups is 1. The fraction of sp³-hybridized carbons (Fsp3) is 0.462. The van der Waals surface area contributed by atoms with Gasteiger partial charge in [0.05, 0.1) is 5.69 Å². The van der Waals surface area contributed by atoms with E-state index in [0.717, 1.165) is 25.1 Å². The lowest BCUT2D eigenvalue weighted by Crippen LogP contribution is -2.43. The molecule has 1 amide bonds. The van der Waals surface area contributed by atoms with Crippen LogP contribution in [0.5, 0.6) is 5.75 Å². The normalized spacial score (nSPS) is 10.2. The van der Waals surface area contributed by atoms with Crippen LogP contribution in [0.1, 0.15) is 33.1 Å². The quantitative estimate of drug-likeness (QED) is 0.589. The third-order valence-electron chi connectivity index (χ3n) is 2.46. The monoisotopic (exact) mass is 236 g/mol. The van der Waals surface area contributed by atoms with Gasteiger partial charge in [-0.25, -0.2) is 10.4 Å². The van der Waals surface area contributed by atoms with Crippen molar-refractivity contribution < 1.29 is 9.90 Å². The molecule has 1 aromatic rings. The number of nitrogens with one attached hydrogen (secondary N) is 1. The van der Waals surface area contributed by atoms with Crippen LogP contribution in [0.3, 0.4) is 0 Å². The van der Waals surface area contributed by atoms with Gasteiger partial charge in [0.2, 0.25) is 5.91 Å². The number of aromatic hydroxyl groups is 1. The number of nitrogens with zero attached hydrogens (tertiary/aromatic N) is 1. The minimum Gasteiger partial charge on any atom is -0.508 e. The van der Waals surface area contributed by atoms with E-state index in [4.69, 9.17) is 0 Å². The molecule has 0 aliphatic heterocycles. The number of hydrazine groups is 1. The molecular formula is C13H20N2O2. The van der Waals surface area contributed by atoms with Gasteiger partial charge in [-0.15, -0.1) is 0 Å². The predicted octanol–water partition coefficient (Wildman–Crippen LogP) is 2.44. The van der Waals surface area contributed by atoms with E-state index in [1.54, 1.807) is 29.3 Å². The second kappa shape index (κ2) is 6.91. The summed E-state index contributed by atoms with van der Waals surface area (Å²) < 4.78 is 0. The zero-order valence-electron chi connectivity index (χ0n) is 10.4. The molecule has 0 fully saturated rings. The second-order valence-corrected chi connectivity index (χ2v) is 3.86. The molecule has 94 valence electrons. The SMILES string of the molecule is CCCCNN(C(=O)CC)c1ccc(O)cc1. The molecular weight excluding hydrogens is 216 g/mol. The highest BCUT2D eigenvalue weighted by Gasteiger charge is 2.12. The Morgan fingerprint density at radius 1 is 1.29 bits per heavy atom. The zero-order valence-corrected chi connectivity index (χ0v) is 10.4. The molecule has 17 heavy (non-hydrogen) atoms. The summed E-state index contributed by atoms with van der Waals surface area (Å²) >= 11 is 0. The molecule has 0 saturated heterocycles. The van der Waals surface area contributed by atoms with Crippen molar-refractivity contribution in [2.45, 2.75) is 33.1 Å². The first-order valence-corrected chi connectivity index (χ1v) is 6.04. The van der Waals surface area contributed by atoms with E-state index in [1.807, 2.05) is 6.92 Å². The fourth-order valence-corrected chi connectivity index (χ4v) is 1.45. The first-order valence-electron chi connectivity index (χ1n) is 6.04. The minimum atomic E-state index is 0.0202. The Labute approximate surface area is 102 Å². The summed E-state index contributed by atoms with van der Waals surface area (Å²) in [5.74, 6) is 0.220. The van der Waals surface area contributed by atoms with Crippen LogP contribution in [0.15, 0.2) is 24.3 Å². The molecule has 0 radical (unpaired) electrons. The Balaban J connectivity index is 2.74. The summed E-state index contributed by atoms with van der Waals surface area (Å²) in [6.07, 6.45) is 2.54. The Kier molecular flexibility index (Phi) is 5.49. The maximum absolute atomic E-state index is 11.8. The van der Waals surface area contributed by atoms with E-state index >= 15 is 0 Å². The molecule has 4 nitrogen and oxygen atoms in total. The molecule has 0 aliphatic rings. The molecule has 0 aliphatic carbocycles. The number of rotatable bonds is 6. The third-order valence-corrected chi connectivity index (χ3v) is 2.46. The Morgan fingerprint density at radius 2 is 1.94 bits per heavy atom. The van der Waals surface area contributed by atoms with E-state index in [0.29, 0.717) is 6.42 Å². The summed E-state index contributed by atoms with van der Waals surface area (Å²) in [5.41, 5.74) is 3.86. The third kappa shape index (κ3) is 4.07. The van der Waals surface area contributed by atoms with Crippen LogP contribution < -0.4 is 10.4 Å². The number of benzene rings is 1. The lowest BCUT2D eigenvalue weighted by molar-refractivity contribution is -0.119. The number of phenols is 1. The Bertz CT molecular complexity index is 349. The van der Waals surface area contributed by atoms with E-state index in [9.17, 15) is 9.90 Å². The average Bonchev–Trinajstić information content (AvgIpc) is 2.35. The van der Waals surface area contributed by atoms with Crippen molar-refractivity contribution in [1.29, 1.82) is 0 Å². The van der Waals surface area contributed by atoms with Crippen LogP contribution in [0.25, 0.3) is 0 Å². The van der Waals surface area contributed by atoms with Gasteiger partial charge in [-0.2, -0.15) is 0 Å². The van der Waals surface area contributed by atoms with Gasteiger partial charge in [-0.1, -0.05) is 20.3 Å². The fourth-order valence-electron chi connectivity index (χ4n) is 1.45. The summed E-state index contributed by atoms with van der Waals surface area (Å²) in [7, 11) is 0. The maximum Gasteiger partial charge on any atom is 0.241 e. The predicted molar refractivity (Wildman–Crippen MR) is 68.8 cm³/mol. The van der Waals surface area contributed by atoms with Crippen molar-refractivity contribution >= 4 is 11.6 Å². The topological polar surface area (TPSA) is 52.6 Å². The molecule has 0 atom stereocenters. The van der Waals surface area contributed by atoms with E-state index < -0.39 is 0 Å². The van der Waals surface area contributed by atoms with Crippen LogP contribution in [-0.4, -0.2) is 17.6 Å². The van der Waals surface area contributed by atoms with Crippen LogP contribution >= 0.6 is 0 Å². The second-order valence-electron chi connectivity index (χ2n) is 3.86. The van der Waals surface area contributed by atoms with Crippen molar-refractivity contribution in [1.82, 2.24) is 5.43 Å². The molecule has 1 rings (SSSR count). The standard InChI is InChI=1S/C13H20N2O2/c1-3-5-10-14-15(13(17)4-2)11-6-8-12(16)9-7-11/h6-9,14,16H,3-5,10H2,1-2H3. The Morgan fingerprint density at radius 3 is 2.47 bits per heavy atom. The van der Waals surface area contributed by atoms with Gasteiger partial charge in [0.15, 0.2) is 0 Å². The molecule has 0 unspecified atom stereocenters. The van der Waals surface area contributed by atoms with Gasteiger partial charge in [-0.3, -0.25) is 4.79 Å². The van der Waals surface area contributed by atoms with Gasteiger partial charge >= 0.3 is 0 Å². The molecule has 4 heteroatoms. The molecule has 0 spiro atoms. The number of unbranched alkanes of at least 4 members (excludes halogenated alkanes) is 1. The van der Waals surface area contributed by atoms with Gasteiger partial charge in [0.1, 0.15) is 5.75 Å². The van der Waals surface area contributed by atoms with Crippen LogP contribution in [-0.2, 0) is 4.79 Å². The summed E-state index contributed by atoms with van der Waals surface area (Å²) in [5, 5.41) is 10.8. The van der Waals surface area contributed by atoms with Gasteiger partial charge in [-0.05, 0) is 30.7 Å². The number of hydrogen-bond acceptors (Lipinski definition) is 3. The van der Waals surface area contributed by atoms with E-state index in [-0.39, 0.29) is 11.7 Å².